The lowest BCUT2D eigenvalue weighted by molar-refractivity contribution is 0.0473. The average molecular weight is 318 g/mol. The number of nitrogens with one attached hydrogen (secondary N) is 1. The van der Waals surface area contributed by atoms with Crippen molar-refractivity contribution in [2.75, 3.05) is 0 Å². The lowest BCUT2D eigenvalue weighted by atomic mass is 10.2. The van der Waals surface area contributed by atoms with Crippen LogP contribution in [0.15, 0.2) is 67.3 Å². The summed E-state index contributed by atoms with van der Waals surface area (Å²) in [5, 5.41) is 0. The molecule has 0 aliphatic carbocycles. The maximum absolute atomic E-state index is 5.91. The molecular formula is C19H18N4O. The van der Waals surface area contributed by atoms with Crippen molar-refractivity contribution in [2.45, 2.75) is 19.6 Å². The molecule has 0 spiro atoms. The maximum Gasteiger partial charge on any atom is 0.135 e. The van der Waals surface area contributed by atoms with Crippen LogP contribution in [0.2, 0.25) is 0 Å². The highest BCUT2D eigenvalue weighted by Gasteiger charge is 2.09. The summed E-state index contributed by atoms with van der Waals surface area (Å²) in [5.41, 5.74) is 4.28. The Labute approximate surface area is 140 Å². The molecule has 0 saturated heterocycles. The second-order valence-electron chi connectivity index (χ2n) is 5.70. The minimum atomic E-state index is -0.0715. The highest BCUT2D eigenvalue weighted by molar-refractivity contribution is 5.77. The summed E-state index contributed by atoms with van der Waals surface area (Å²) in [6.07, 6.45) is 5.33. The topological polar surface area (TPSA) is 55.7 Å². The van der Waals surface area contributed by atoms with Crippen LogP contribution >= 0.6 is 0 Å². The van der Waals surface area contributed by atoms with Crippen molar-refractivity contribution in [1.82, 2.24) is 19.5 Å². The van der Waals surface area contributed by atoms with E-state index in [0.29, 0.717) is 6.61 Å². The van der Waals surface area contributed by atoms with Crippen molar-refractivity contribution in [3.05, 3.63) is 78.6 Å². The van der Waals surface area contributed by atoms with Gasteiger partial charge in [0.1, 0.15) is 18.3 Å². The Morgan fingerprint density at radius 2 is 2.04 bits per heavy atom. The number of imidazole rings is 2. The van der Waals surface area contributed by atoms with Gasteiger partial charge in [0, 0.05) is 18.1 Å². The molecule has 1 unspecified atom stereocenters. The first-order chi connectivity index (χ1) is 11.8. The fraction of sp³-hybridized carbons (Fsp3) is 0.158. The number of hydrogen-bond acceptors (Lipinski definition) is 3. The molecule has 0 aliphatic rings. The summed E-state index contributed by atoms with van der Waals surface area (Å²) in [4.78, 5) is 11.8. The van der Waals surface area contributed by atoms with E-state index in [0.717, 1.165) is 28.1 Å². The summed E-state index contributed by atoms with van der Waals surface area (Å²) < 4.78 is 8.01. The quantitative estimate of drug-likeness (QED) is 0.604. The van der Waals surface area contributed by atoms with Crippen molar-refractivity contribution in [3.8, 4) is 5.69 Å². The minimum Gasteiger partial charge on any atom is -0.366 e. The molecule has 5 nitrogen and oxygen atoms in total. The number of aromatic nitrogens is 4. The maximum atomic E-state index is 5.91. The third kappa shape index (κ3) is 2.81. The van der Waals surface area contributed by atoms with E-state index in [1.54, 1.807) is 12.4 Å². The lowest BCUT2D eigenvalue weighted by Gasteiger charge is -2.12. The fourth-order valence-corrected chi connectivity index (χ4v) is 2.76. The minimum absolute atomic E-state index is 0.0715. The molecule has 0 fully saturated rings. The second kappa shape index (κ2) is 6.29. The van der Waals surface area contributed by atoms with Crippen LogP contribution in [0.1, 0.15) is 24.4 Å². The average Bonchev–Trinajstić information content (AvgIpc) is 3.29. The molecule has 0 amide bonds. The standard InChI is InChI=1S/C19H18N4O/c1-14(19-20-9-10-21-19)24-12-15-5-4-6-16(11-15)23-13-22-17-7-2-3-8-18(17)23/h2-11,13-14H,12H2,1H3,(H,20,21). The van der Waals surface area contributed by atoms with E-state index in [2.05, 4.69) is 43.8 Å². The number of benzene rings is 2. The molecule has 0 saturated carbocycles. The molecule has 5 heteroatoms. The van der Waals surface area contributed by atoms with Gasteiger partial charge in [-0.2, -0.15) is 0 Å². The first-order valence-electron chi connectivity index (χ1n) is 7.93. The van der Waals surface area contributed by atoms with E-state index in [-0.39, 0.29) is 6.10 Å². The monoisotopic (exact) mass is 318 g/mol. The Hall–Kier alpha value is -2.92. The Morgan fingerprint density at radius 1 is 1.12 bits per heavy atom. The molecule has 0 bridgehead atoms. The van der Waals surface area contributed by atoms with Crippen molar-refractivity contribution in [2.24, 2.45) is 0 Å². The smallest absolute Gasteiger partial charge is 0.135 e. The van der Waals surface area contributed by atoms with Gasteiger partial charge in [-0.25, -0.2) is 9.97 Å². The Morgan fingerprint density at radius 3 is 2.92 bits per heavy atom. The molecule has 1 N–H and O–H groups in total. The largest absolute Gasteiger partial charge is 0.366 e. The normalized spacial score (nSPS) is 12.5. The fourth-order valence-electron chi connectivity index (χ4n) is 2.76. The Balaban J connectivity index is 1.55. The number of ether oxygens (including phenoxy) is 1. The highest BCUT2D eigenvalue weighted by atomic mass is 16.5. The van der Waals surface area contributed by atoms with Crippen LogP contribution in [0.5, 0.6) is 0 Å². The summed E-state index contributed by atoms with van der Waals surface area (Å²) in [6.45, 7) is 2.52. The number of fused-ring (bicyclic) bond motifs is 1. The number of aromatic amines is 1. The van der Waals surface area contributed by atoms with Gasteiger partial charge in [-0.15, -0.1) is 0 Å². The summed E-state index contributed by atoms with van der Waals surface area (Å²) >= 11 is 0. The zero-order valence-electron chi connectivity index (χ0n) is 13.4. The number of para-hydroxylation sites is 2. The van der Waals surface area contributed by atoms with Crippen molar-refractivity contribution in [1.29, 1.82) is 0 Å². The molecule has 4 aromatic rings. The van der Waals surface area contributed by atoms with E-state index in [1.165, 1.54) is 0 Å². The van der Waals surface area contributed by atoms with Crippen LogP contribution in [0, 0.1) is 0 Å². The molecular weight excluding hydrogens is 300 g/mol. The van der Waals surface area contributed by atoms with Gasteiger partial charge >= 0.3 is 0 Å². The van der Waals surface area contributed by atoms with Gasteiger partial charge in [0.15, 0.2) is 0 Å². The first-order valence-corrected chi connectivity index (χ1v) is 7.93. The van der Waals surface area contributed by atoms with Crippen LogP contribution in [0.3, 0.4) is 0 Å². The zero-order chi connectivity index (χ0) is 16.4. The van der Waals surface area contributed by atoms with Gasteiger partial charge in [0.25, 0.3) is 0 Å². The summed E-state index contributed by atoms with van der Waals surface area (Å²) in [5.74, 6) is 0.840. The Bertz CT molecular complexity index is 943. The first kappa shape index (κ1) is 14.7. The zero-order valence-corrected chi connectivity index (χ0v) is 13.4. The van der Waals surface area contributed by atoms with Gasteiger partial charge in [0.05, 0.1) is 17.6 Å². The number of nitrogens with zero attached hydrogens (tertiary/aromatic N) is 3. The van der Waals surface area contributed by atoms with Crippen LogP contribution in [0.25, 0.3) is 16.7 Å². The molecule has 1 atom stereocenters. The van der Waals surface area contributed by atoms with Crippen LogP contribution in [-0.4, -0.2) is 19.5 Å². The van der Waals surface area contributed by atoms with Crippen LogP contribution in [-0.2, 0) is 11.3 Å². The second-order valence-corrected chi connectivity index (χ2v) is 5.70. The van der Waals surface area contributed by atoms with Crippen molar-refractivity contribution >= 4 is 11.0 Å². The molecule has 2 aromatic carbocycles. The van der Waals surface area contributed by atoms with Gasteiger partial charge in [-0.05, 0) is 36.8 Å². The van der Waals surface area contributed by atoms with Crippen molar-refractivity contribution < 1.29 is 4.74 Å². The number of H-pyrrole nitrogens is 1. The Kier molecular flexibility index (Phi) is 3.84. The van der Waals surface area contributed by atoms with E-state index in [9.17, 15) is 0 Å². The SMILES string of the molecule is CC(OCc1cccc(-n2cnc3ccccc32)c1)c1ncc[nH]1. The predicted molar refractivity (Wildman–Crippen MR) is 92.9 cm³/mol. The van der Waals surface area contributed by atoms with E-state index in [1.807, 2.05) is 37.5 Å². The van der Waals surface area contributed by atoms with Crippen LogP contribution < -0.4 is 0 Å². The summed E-state index contributed by atoms with van der Waals surface area (Å²) in [6, 6.07) is 16.4. The molecule has 0 radical (unpaired) electrons. The molecule has 120 valence electrons. The van der Waals surface area contributed by atoms with E-state index < -0.39 is 0 Å². The van der Waals surface area contributed by atoms with Gasteiger partial charge in [-0.3, -0.25) is 4.57 Å². The highest BCUT2D eigenvalue weighted by Crippen LogP contribution is 2.20. The molecule has 24 heavy (non-hydrogen) atoms. The van der Waals surface area contributed by atoms with Crippen molar-refractivity contribution in [3.63, 3.8) is 0 Å². The number of rotatable bonds is 5. The van der Waals surface area contributed by atoms with Gasteiger partial charge in [0.2, 0.25) is 0 Å². The third-order valence-corrected chi connectivity index (χ3v) is 4.05. The predicted octanol–water partition coefficient (Wildman–Crippen LogP) is 4.03. The molecule has 4 rings (SSSR count). The molecule has 2 aromatic heterocycles. The molecule has 0 aliphatic heterocycles. The van der Waals surface area contributed by atoms with E-state index in [4.69, 9.17) is 4.74 Å². The third-order valence-electron chi connectivity index (χ3n) is 4.05. The van der Waals surface area contributed by atoms with Gasteiger partial charge < -0.3 is 9.72 Å². The van der Waals surface area contributed by atoms with E-state index >= 15 is 0 Å². The summed E-state index contributed by atoms with van der Waals surface area (Å²) in [7, 11) is 0. The number of hydrogen-bond donors (Lipinski definition) is 1. The molecule has 2 heterocycles. The lowest BCUT2D eigenvalue weighted by Crippen LogP contribution is -2.03. The van der Waals surface area contributed by atoms with Gasteiger partial charge in [-0.1, -0.05) is 24.3 Å². The van der Waals surface area contributed by atoms with Crippen LogP contribution in [0.4, 0.5) is 0 Å².